The molecule has 1 heteroatoms. The molecule has 0 atom stereocenters. The van der Waals surface area contributed by atoms with Crippen LogP contribution in [0.5, 0.6) is 5.75 Å². The van der Waals surface area contributed by atoms with Gasteiger partial charge in [0.25, 0.3) is 0 Å². The summed E-state index contributed by atoms with van der Waals surface area (Å²) < 4.78 is 0. The summed E-state index contributed by atoms with van der Waals surface area (Å²) in [6.45, 7) is 6.27. The van der Waals surface area contributed by atoms with Gasteiger partial charge in [0.15, 0.2) is 0 Å². The number of fused-ring (bicyclic) bond motifs is 1. The number of phenols is 1. The summed E-state index contributed by atoms with van der Waals surface area (Å²) in [5, 5.41) is 12.3. The summed E-state index contributed by atoms with van der Waals surface area (Å²) in [6.07, 6.45) is 0. The molecule has 0 saturated carbocycles. The van der Waals surface area contributed by atoms with Gasteiger partial charge < -0.3 is 5.11 Å². The van der Waals surface area contributed by atoms with Gasteiger partial charge in [-0.25, -0.2) is 0 Å². The van der Waals surface area contributed by atoms with Gasteiger partial charge in [-0.2, -0.15) is 0 Å². The van der Waals surface area contributed by atoms with Crippen LogP contribution in [0.25, 0.3) is 10.8 Å². The number of hydrogen-bond acceptors (Lipinski definition) is 1. The maximum absolute atomic E-state index is 10.2. The molecule has 0 spiro atoms. The third-order valence-corrected chi connectivity index (χ3v) is 2.85. The van der Waals surface area contributed by atoms with E-state index < -0.39 is 0 Å². The molecule has 15 heavy (non-hydrogen) atoms. The van der Waals surface area contributed by atoms with E-state index >= 15 is 0 Å². The Balaban J connectivity index is 2.84. The minimum absolute atomic E-state index is 0.356. The van der Waals surface area contributed by atoms with E-state index in [9.17, 15) is 5.11 Å². The third-order valence-electron chi connectivity index (χ3n) is 2.85. The fraction of sp³-hybridized carbons (Fsp3) is 0.286. The van der Waals surface area contributed by atoms with Crippen molar-refractivity contribution in [1.82, 2.24) is 0 Å². The van der Waals surface area contributed by atoms with Gasteiger partial charge in [-0.1, -0.05) is 44.2 Å². The molecule has 2 aromatic carbocycles. The van der Waals surface area contributed by atoms with Gasteiger partial charge in [0, 0.05) is 5.39 Å². The van der Waals surface area contributed by atoms with Gasteiger partial charge in [-0.15, -0.1) is 0 Å². The van der Waals surface area contributed by atoms with Crippen LogP contribution in [0.15, 0.2) is 30.3 Å². The molecule has 0 aliphatic heterocycles. The van der Waals surface area contributed by atoms with Crippen LogP contribution in [0.1, 0.15) is 30.9 Å². The van der Waals surface area contributed by atoms with Gasteiger partial charge in [-0.05, 0) is 29.4 Å². The standard InChI is InChI=1S/C14H16O/c1-9(2)13-10(3)8-11-6-4-5-7-12(11)14(13)15/h4-9,15H,1-3H3. The fourth-order valence-electron chi connectivity index (χ4n) is 2.21. The normalized spacial score (nSPS) is 11.2. The van der Waals surface area contributed by atoms with Crippen LogP contribution in [0.3, 0.4) is 0 Å². The minimum Gasteiger partial charge on any atom is -0.507 e. The largest absolute Gasteiger partial charge is 0.507 e. The molecule has 0 heterocycles. The number of phenolic OH excluding ortho intramolecular Hbond substituents is 1. The predicted molar refractivity (Wildman–Crippen MR) is 64.4 cm³/mol. The van der Waals surface area contributed by atoms with Crippen LogP contribution in [0.4, 0.5) is 0 Å². The lowest BCUT2D eigenvalue weighted by Crippen LogP contribution is -1.93. The SMILES string of the molecule is Cc1cc2ccccc2c(O)c1C(C)C. The van der Waals surface area contributed by atoms with Gasteiger partial charge in [0.05, 0.1) is 0 Å². The molecule has 0 amide bonds. The Morgan fingerprint density at radius 2 is 1.80 bits per heavy atom. The summed E-state index contributed by atoms with van der Waals surface area (Å²) in [5.41, 5.74) is 2.23. The average molecular weight is 200 g/mol. The highest BCUT2D eigenvalue weighted by Gasteiger charge is 2.12. The second-order valence-electron chi connectivity index (χ2n) is 4.33. The quantitative estimate of drug-likeness (QED) is 0.738. The molecular formula is C14H16O. The van der Waals surface area contributed by atoms with Crippen LogP contribution in [-0.2, 0) is 0 Å². The summed E-state index contributed by atoms with van der Waals surface area (Å²) in [7, 11) is 0. The molecule has 0 saturated heterocycles. The summed E-state index contributed by atoms with van der Waals surface area (Å²) in [5.74, 6) is 0.801. The Morgan fingerprint density at radius 1 is 1.13 bits per heavy atom. The summed E-state index contributed by atoms with van der Waals surface area (Å²) in [6, 6.07) is 10.1. The van der Waals surface area contributed by atoms with Crippen molar-refractivity contribution in [2.24, 2.45) is 0 Å². The second kappa shape index (κ2) is 3.58. The monoisotopic (exact) mass is 200 g/mol. The highest BCUT2D eigenvalue weighted by atomic mass is 16.3. The lowest BCUT2D eigenvalue weighted by atomic mass is 9.93. The molecule has 0 radical (unpaired) electrons. The first-order valence-corrected chi connectivity index (χ1v) is 5.32. The van der Waals surface area contributed by atoms with Gasteiger partial charge in [0.2, 0.25) is 0 Å². The minimum atomic E-state index is 0.356. The molecule has 1 N–H and O–H groups in total. The van der Waals surface area contributed by atoms with Crippen LogP contribution >= 0.6 is 0 Å². The zero-order chi connectivity index (χ0) is 11.0. The highest BCUT2D eigenvalue weighted by molar-refractivity contribution is 5.90. The smallest absolute Gasteiger partial charge is 0.127 e. The van der Waals surface area contributed by atoms with E-state index in [1.54, 1.807) is 0 Å². The van der Waals surface area contributed by atoms with E-state index in [1.165, 1.54) is 5.56 Å². The molecule has 78 valence electrons. The maximum atomic E-state index is 10.2. The van der Waals surface area contributed by atoms with Crippen molar-refractivity contribution >= 4 is 10.8 Å². The first-order valence-electron chi connectivity index (χ1n) is 5.32. The Morgan fingerprint density at radius 3 is 2.47 bits per heavy atom. The number of rotatable bonds is 1. The zero-order valence-corrected chi connectivity index (χ0v) is 9.41. The number of hydrogen-bond donors (Lipinski definition) is 1. The Bertz CT molecular complexity index is 498. The second-order valence-corrected chi connectivity index (χ2v) is 4.33. The van der Waals surface area contributed by atoms with Crippen molar-refractivity contribution in [3.63, 3.8) is 0 Å². The lowest BCUT2D eigenvalue weighted by Gasteiger charge is -2.14. The number of aromatic hydroxyl groups is 1. The van der Waals surface area contributed by atoms with E-state index in [0.29, 0.717) is 11.7 Å². The Kier molecular flexibility index (Phi) is 2.39. The number of benzene rings is 2. The molecule has 0 aliphatic rings. The topological polar surface area (TPSA) is 20.2 Å². The molecule has 0 bridgehead atoms. The lowest BCUT2D eigenvalue weighted by molar-refractivity contribution is 0.470. The van der Waals surface area contributed by atoms with Crippen LogP contribution in [-0.4, -0.2) is 5.11 Å². The van der Waals surface area contributed by atoms with Crippen molar-refractivity contribution in [1.29, 1.82) is 0 Å². The van der Waals surface area contributed by atoms with Crippen molar-refractivity contribution < 1.29 is 5.11 Å². The third kappa shape index (κ3) is 1.58. The first-order chi connectivity index (χ1) is 7.11. The fourth-order valence-corrected chi connectivity index (χ4v) is 2.21. The van der Waals surface area contributed by atoms with E-state index in [4.69, 9.17) is 0 Å². The Labute approximate surface area is 90.4 Å². The number of aryl methyl sites for hydroxylation is 1. The predicted octanol–water partition coefficient (Wildman–Crippen LogP) is 3.98. The first kappa shape index (κ1) is 10.0. The average Bonchev–Trinajstić information content (AvgIpc) is 2.17. The molecule has 0 unspecified atom stereocenters. The van der Waals surface area contributed by atoms with Crippen LogP contribution in [0.2, 0.25) is 0 Å². The van der Waals surface area contributed by atoms with Gasteiger partial charge in [0.1, 0.15) is 5.75 Å². The zero-order valence-electron chi connectivity index (χ0n) is 9.41. The summed E-state index contributed by atoms with van der Waals surface area (Å²) in [4.78, 5) is 0. The molecule has 0 aromatic heterocycles. The van der Waals surface area contributed by atoms with E-state index in [2.05, 4.69) is 26.8 Å². The molecule has 0 aliphatic carbocycles. The van der Waals surface area contributed by atoms with Crippen molar-refractivity contribution in [2.75, 3.05) is 0 Å². The van der Waals surface area contributed by atoms with Crippen LogP contribution < -0.4 is 0 Å². The van der Waals surface area contributed by atoms with E-state index in [-0.39, 0.29) is 0 Å². The molecule has 0 fully saturated rings. The molecule has 1 nitrogen and oxygen atoms in total. The summed E-state index contributed by atoms with van der Waals surface area (Å²) >= 11 is 0. The van der Waals surface area contributed by atoms with Crippen molar-refractivity contribution in [3.05, 3.63) is 41.5 Å². The Hall–Kier alpha value is -1.50. The molecular weight excluding hydrogens is 184 g/mol. The van der Waals surface area contributed by atoms with E-state index in [1.807, 2.05) is 24.3 Å². The molecule has 2 aromatic rings. The van der Waals surface area contributed by atoms with Crippen molar-refractivity contribution in [3.8, 4) is 5.75 Å². The van der Waals surface area contributed by atoms with Crippen LogP contribution in [0, 0.1) is 6.92 Å². The van der Waals surface area contributed by atoms with E-state index in [0.717, 1.165) is 16.3 Å². The van der Waals surface area contributed by atoms with Gasteiger partial charge >= 0.3 is 0 Å². The van der Waals surface area contributed by atoms with Gasteiger partial charge in [-0.3, -0.25) is 0 Å². The highest BCUT2D eigenvalue weighted by Crippen LogP contribution is 2.35. The van der Waals surface area contributed by atoms with Crippen molar-refractivity contribution in [2.45, 2.75) is 26.7 Å². The maximum Gasteiger partial charge on any atom is 0.127 e. The molecule has 2 rings (SSSR count).